The number of H-pyrrole nitrogens is 1. The molecule has 0 aliphatic rings. The maximum Gasteiger partial charge on any atom is 0.340 e. The molecule has 2 amide bonds. The van der Waals surface area contributed by atoms with Crippen molar-refractivity contribution in [1.82, 2.24) is 15.7 Å². The Labute approximate surface area is 156 Å². The number of esters is 1. The molecule has 0 bridgehead atoms. The van der Waals surface area contributed by atoms with Crippen LogP contribution in [0.25, 0.3) is 0 Å². The largest absolute Gasteiger partial charge is 0.467 e. The number of nitrogens with zero attached hydrogens (tertiary/aromatic N) is 1. The van der Waals surface area contributed by atoms with Crippen LogP contribution in [-0.4, -0.2) is 35.1 Å². The zero-order valence-corrected chi connectivity index (χ0v) is 15.6. The lowest BCUT2D eigenvalue weighted by atomic mass is 10.1. The van der Waals surface area contributed by atoms with Crippen LogP contribution >= 0.6 is 0 Å². The predicted octanol–water partition coefficient (Wildman–Crippen LogP) is 1.56. The van der Waals surface area contributed by atoms with Gasteiger partial charge in [0.15, 0.2) is 0 Å². The minimum atomic E-state index is -0.910. The third-order valence-electron chi connectivity index (χ3n) is 3.81. The van der Waals surface area contributed by atoms with Crippen LogP contribution in [0, 0.1) is 13.8 Å². The molecule has 2 heterocycles. The summed E-state index contributed by atoms with van der Waals surface area (Å²) in [7, 11) is 0. The van der Waals surface area contributed by atoms with E-state index >= 15 is 0 Å². The van der Waals surface area contributed by atoms with Gasteiger partial charge >= 0.3 is 17.8 Å². The van der Waals surface area contributed by atoms with Gasteiger partial charge < -0.3 is 19.5 Å². The third-order valence-corrected chi connectivity index (χ3v) is 3.81. The summed E-state index contributed by atoms with van der Waals surface area (Å²) < 4.78 is 10.1. The fourth-order valence-electron chi connectivity index (χ4n) is 2.52. The molecule has 0 fully saturated rings. The van der Waals surface area contributed by atoms with Gasteiger partial charge in [-0.25, -0.2) is 10.2 Å². The van der Waals surface area contributed by atoms with Gasteiger partial charge in [0.1, 0.15) is 5.76 Å². The van der Waals surface area contributed by atoms with E-state index in [9.17, 15) is 14.4 Å². The van der Waals surface area contributed by atoms with Crippen molar-refractivity contribution in [3.8, 4) is 0 Å². The SMILES string of the molecule is CCOC(=O)c1c(C)[nH]c(/C(C)=N/NC(=O)C(=O)NCc2ccco2)c1C. The zero-order valence-electron chi connectivity index (χ0n) is 15.6. The number of hydrogen-bond acceptors (Lipinski definition) is 6. The number of nitrogens with one attached hydrogen (secondary N) is 3. The van der Waals surface area contributed by atoms with Crippen molar-refractivity contribution in [1.29, 1.82) is 0 Å². The van der Waals surface area contributed by atoms with Crippen LogP contribution in [0.4, 0.5) is 0 Å². The second-order valence-corrected chi connectivity index (χ2v) is 5.75. The molecule has 2 rings (SSSR count). The monoisotopic (exact) mass is 374 g/mol. The Bertz CT molecular complexity index is 865. The molecule has 0 aliphatic heterocycles. The predicted molar refractivity (Wildman–Crippen MR) is 97.1 cm³/mol. The molecule has 0 saturated carbocycles. The average molecular weight is 374 g/mol. The molecule has 0 unspecified atom stereocenters. The smallest absolute Gasteiger partial charge is 0.340 e. The number of rotatable bonds is 6. The Morgan fingerprint density at radius 1 is 1.26 bits per heavy atom. The summed E-state index contributed by atoms with van der Waals surface area (Å²) in [5.41, 5.74) is 4.91. The molecule has 2 aromatic heterocycles. The summed E-state index contributed by atoms with van der Waals surface area (Å²) in [6, 6.07) is 3.36. The first-order valence-corrected chi connectivity index (χ1v) is 8.36. The molecule has 9 heteroatoms. The van der Waals surface area contributed by atoms with E-state index in [2.05, 4.69) is 20.8 Å². The van der Waals surface area contributed by atoms with Crippen molar-refractivity contribution in [2.45, 2.75) is 34.2 Å². The van der Waals surface area contributed by atoms with Gasteiger partial charge in [-0.2, -0.15) is 5.10 Å². The van der Waals surface area contributed by atoms with Gasteiger partial charge in [-0.15, -0.1) is 0 Å². The summed E-state index contributed by atoms with van der Waals surface area (Å²) >= 11 is 0. The Morgan fingerprint density at radius 2 is 2.00 bits per heavy atom. The fourth-order valence-corrected chi connectivity index (χ4v) is 2.52. The number of hydrogen-bond donors (Lipinski definition) is 3. The molecular formula is C18H22N4O5. The van der Waals surface area contributed by atoms with Crippen molar-refractivity contribution in [3.63, 3.8) is 0 Å². The van der Waals surface area contributed by atoms with E-state index < -0.39 is 17.8 Å². The quantitative estimate of drug-likeness (QED) is 0.306. The van der Waals surface area contributed by atoms with Gasteiger partial charge in [0, 0.05) is 5.69 Å². The van der Waals surface area contributed by atoms with E-state index in [1.165, 1.54) is 6.26 Å². The van der Waals surface area contributed by atoms with Crippen LogP contribution < -0.4 is 10.7 Å². The maximum atomic E-state index is 12.0. The highest BCUT2D eigenvalue weighted by atomic mass is 16.5. The van der Waals surface area contributed by atoms with Crippen molar-refractivity contribution < 1.29 is 23.5 Å². The van der Waals surface area contributed by atoms with Gasteiger partial charge in [0.2, 0.25) is 0 Å². The third kappa shape index (κ3) is 4.84. The summed E-state index contributed by atoms with van der Waals surface area (Å²) in [6.07, 6.45) is 1.47. The number of aryl methyl sites for hydroxylation is 1. The molecule has 9 nitrogen and oxygen atoms in total. The second kappa shape index (κ2) is 8.84. The first kappa shape index (κ1) is 20.0. The molecule has 2 aromatic rings. The van der Waals surface area contributed by atoms with Gasteiger partial charge in [-0.1, -0.05) is 0 Å². The topological polar surface area (TPSA) is 126 Å². The Balaban J connectivity index is 2.02. The van der Waals surface area contributed by atoms with E-state index in [-0.39, 0.29) is 13.2 Å². The van der Waals surface area contributed by atoms with Crippen LogP contribution in [0.5, 0.6) is 0 Å². The highest BCUT2D eigenvalue weighted by Crippen LogP contribution is 2.19. The molecule has 0 atom stereocenters. The number of carbonyl (C=O) groups is 3. The highest BCUT2D eigenvalue weighted by molar-refractivity contribution is 6.35. The molecule has 0 radical (unpaired) electrons. The molecular weight excluding hydrogens is 352 g/mol. The van der Waals surface area contributed by atoms with E-state index in [0.717, 1.165) is 0 Å². The lowest BCUT2D eigenvalue weighted by molar-refractivity contribution is -0.139. The average Bonchev–Trinajstić information content (AvgIpc) is 3.25. The Kier molecular flexibility index (Phi) is 6.53. The molecule has 27 heavy (non-hydrogen) atoms. The van der Waals surface area contributed by atoms with Crippen LogP contribution in [0.3, 0.4) is 0 Å². The lowest BCUT2D eigenvalue weighted by Crippen LogP contribution is -2.37. The molecule has 0 spiro atoms. The summed E-state index contributed by atoms with van der Waals surface area (Å²) in [5, 5.41) is 6.35. The van der Waals surface area contributed by atoms with Crippen LogP contribution in [0.15, 0.2) is 27.9 Å². The number of amides is 2. The number of aromatic amines is 1. The van der Waals surface area contributed by atoms with Crippen molar-refractivity contribution >= 4 is 23.5 Å². The number of aromatic nitrogens is 1. The van der Waals surface area contributed by atoms with Gasteiger partial charge in [0.25, 0.3) is 0 Å². The highest BCUT2D eigenvalue weighted by Gasteiger charge is 2.21. The number of hydrazone groups is 1. The standard InChI is InChI=1S/C18H22N4O5/c1-5-26-18(25)14-10(2)15(20-11(14)3)12(4)21-22-17(24)16(23)19-9-13-7-6-8-27-13/h6-8,20H,5,9H2,1-4H3,(H,19,23)(H,22,24)/b21-12+. The lowest BCUT2D eigenvalue weighted by Gasteiger charge is -2.04. The minimum absolute atomic E-state index is 0.0970. The van der Waals surface area contributed by atoms with Crippen molar-refractivity contribution in [2.24, 2.45) is 5.10 Å². The molecule has 144 valence electrons. The van der Waals surface area contributed by atoms with Crippen LogP contribution in [0.1, 0.15) is 46.9 Å². The summed E-state index contributed by atoms with van der Waals surface area (Å²) in [6.45, 7) is 7.25. The van der Waals surface area contributed by atoms with Gasteiger partial charge in [-0.05, 0) is 45.4 Å². The number of ether oxygens (including phenoxy) is 1. The fraction of sp³-hybridized carbons (Fsp3) is 0.333. The second-order valence-electron chi connectivity index (χ2n) is 5.75. The molecule has 0 aromatic carbocycles. The minimum Gasteiger partial charge on any atom is -0.467 e. The Hall–Kier alpha value is -3.36. The van der Waals surface area contributed by atoms with E-state index in [1.807, 2.05) is 0 Å². The van der Waals surface area contributed by atoms with E-state index in [1.54, 1.807) is 39.8 Å². The molecule has 0 aliphatic carbocycles. The Morgan fingerprint density at radius 3 is 2.63 bits per heavy atom. The molecule has 3 N–H and O–H groups in total. The number of carbonyl (C=O) groups excluding carboxylic acids is 3. The zero-order chi connectivity index (χ0) is 20.0. The van der Waals surface area contributed by atoms with E-state index in [0.29, 0.717) is 34.0 Å². The first-order chi connectivity index (χ1) is 12.8. The van der Waals surface area contributed by atoms with Crippen LogP contribution in [0.2, 0.25) is 0 Å². The van der Waals surface area contributed by atoms with Crippen molar-refractivity contribution in [2.75, 3.05) is 6.61 Å². The maximum absolute atomic E-state index is 12.0. The summed E-state index contributed by atoms with van der Waals surface area (Å²) in [4.78, 5) is 38.7. The van der Waals surface area contributed by atoms with Gasteiger partial charge in [-0.3, -0.25) is 9.59 Å². The van der Waals surface area contributed by atoms with Crippen molar-refractivity contribution in [3.05, 3.63) is 46.7 Å². The van der Waals surface area contributed by atoms with E-state index in [4.69, 9.17) is 9.15 Å². The molecule has 0 saturated heterocycles. The number of furan rings is 1. The van der Waals surface area contributed by atoms with Gasteiger partial charge in [0.05, 0.1) is 36.4 Å². The summed E-state index contributed by atoms with van der Waals surface area (Å²) in [5.74, 6) is -1.65. The van der Waals surface area contributed by atoms with Crippen LogP contribution in [-0.2, 0) is 20.9 Å². The normalized spacial score (nSPS) is 11.2. The first-order valence-electron chi connectivity index (χ1n) is 8.36.